The Morgan fingerprint density at radius 1 is 0.727 bits per heavy atom. The molecule has 0 aromatic heterocycles. The van der Waals surface area contributed by atoms with Gasteiger partial charge in [0.2, 0.25) is 12.2 Å². The van der Waals surface area contributed by atoms with Crippen molar-refractivity contribution in [2.45, 2.75) is 25.7 Å². The molecule has 0 saturated carbocycles. The number of nitrogens with zero attached hydrogens (tertiary/aromatic N) is 2. The summed E-state index contributed by atoms with van der Waals surface area (Å²) in [5.41, 5.74) is -1.28. The largest absolute Gasteiger partial charge is 0.462 e. The second-order valence-electron chi connectivity index (χ2n) is 6.45. The van der Waals surface area contributed by atoms with E-state index in [1.807, 2.05) is 0 Å². The van der Waals surface area contributed by atoms with E-state index in [4.69, 9.17) is 14.2 Å². The van der Waals surface area contributed by atoms with Gasteiger partial charge in [-0.25, -0.2) is 34.0 Å². The maximum atomic E-state index is 11.1. The Bertz CT molecular complexity index is 654. The van der Waals surface area contributed by atoms with Gasteiger partial charge >= 0.3 is 17.9 Å². The van der Waals surface area contributed by atoms with Gasteiger partial charge in [0.15, 0.2) is 0 Å². The van der Waals surface area contributed by atoms with Crippen LogP contribution in [0.5, 0.6) is 0 Å². The standard InChI is InChI=1S/C14H18O7.C8H12N2O2/c1-4-11(16)19-8-14(7-15,9-20-12(17)5-2)10-21-13(18)6-3;11-7-9-5-3-1-2-4-6-10-8-12/h4-6,15H,1-3,7-10H2;1-6H2. The van der Waals surface area contributed by atoms with E-state index >= 15 is 0 Å². The van der Waals surface area contributed by atoms with Crippen molar-refractivity contribution in [2.75, 3.05) is 39.5 Å². The van der Waals surface area contributed by atoms with E-state index in [1.165, 1.54) is 12.2 Å². The number of ether oxygens (including phenoxy) is 3. The van der Waals surface area contributed by atoms with Gasteiger partial charge in [-0.3, -0.25) is 0 Å². The van der Waals surface area contributed by atoms with Gasteiger partial charge in [0.1, 0.15) is 19.8 Å². The molecule has 182 valence electrons. The Balaban J connectivity index is 0. The normalized spacial score (nSPS) is 9.48. The molecule has 33 heavy (non-hydrogen) atoms. The van der Waals surface area contributed by atoms with Crippen LogP contribution in [0, 0.1) is 5.41 Å². The van der Waals surface area contributed by atoms with Gasteiger partial charge in [0.25, 0.3) is 0 Å². The first-order chi connectivity index (χ1) is 15.8. The van der Waals surface area contributed by atoms with E-state index < -0.39 is 29.9 Å². The Kier molecular flexibility index (Phi) is 20.6. The van der Waals surface area contributed by atoms with Gasteiger partial charge in [-0.15, -0.1) is 0 Å². The van der Waals surface area contributed by atoms with Gasteiger partial charge < -0.3 is 19.3 Å². The highest BCUT2D eigenvalue weighted by molar-refractivity contribution is 5.82. The molecule has 0 aliphatic heterocycles. The third kappa shape index (κ3) is 18.8. The maximum absolute atomic E-state index is 11.1. The molecule has 0 aliphatic carbocycles. The summed E-state index contributed by atoms with van der Waals surface area (Å²) in [6.07, 6.45) is 9.62. The zero-order chi connectivity index (χ0) is 25.4. The summed E-state index contributed by atoms with van der Waals surface area (Å²) in [7, 11) is 0. The predicted molar refractivity (Wildman–Crippen MR) is 117 cm³/mol. The van der Waals surface area contributed by atoms with Crippen molar-refractivity contribution in [3.05, 3.63) is 38.0 Å². The summed E-state index contributed by atoms with van der Waals surface area (Å²) in [6, 6.07) is 0. The number of hydrogen-bond acceptors (Lipinski definition) is 11. The number of aliphatic hydroxyl groups excluding tert-OH is 1. The smallest absolute Gasteiger partial charge is 0.330 e. The third-order valence-corrected chi connectivity index (χ3v) is 3.82. The van der Waals surface area contributed by atoms with E-state index in [0.717, 1.165) is 43.9 Å². The molecule has 0 fully saturated rings. The topological polar surface area (TPSA) is 158 Å². The monoisotopic (exact) mass is 466 g/mol. The quantitative estimate of drug-likeness (QED) is 0.0834. The van der Waals surface area contributed by atoms with Gasteiger partial charge in [0, 0.05) is 18.2 Å². The minimum absolute atomic E-state index is 0.330. The summed E-state index contributed by atoms with van der Waals surface area (Å²) in [5.74, 6) is -2.17. The number of hydrogen-bond donors (Lipinski definition) is 1. The van der Waals surface area contributed by atoms with Crippen molar-refractivity contribution in [3.8, 4) is 0 Å². The number of aliphatic hydroxyl groups is 1. The van der Waals surface area contributed by atoms with Crippen LogP contribution in [-0.4, -0.2) is 74.7 Å². The van der Waals surface area contributed by atoms with E-state index in [2.05, 4.69) is 29.7 Å². The third-order valence-electron chi connectivity index (χ3n) is 3.82. The fourth-order valence-corrected chi connectivity index (χ4v) is 1.94. The lowest BCUT2D eigenvalue weighted by molar-refractivity contribution is -0.159. The van der Waals surface area contributed by atoms with Crippen LogP contribution < -0.4 is 0 Å². The SMILES string of the molecule is C=CC(=O)OCC(CO)(COC(=O)C=C)COC(=O)C=C.O=C=NCCCCCCN=C=O. The molecule has 0 bridgehead atoms. The fourth-order valence-electron chi connectivity index (χ4n) is 1.94. The molecule has 0 aromatic carbocycles. The molecule has 0 rings (SSSR count). The molecule has 1 N–H and O–H groups in total. The molecule has 0 heterocycles. The van der Waals surface area contributed by atoms with Gasteiger partial charge in [-0.1, -0.05) is 32.6 Å². The Hall–Kier alpha value is -3.65. The zero-order valence-electron chi connectivity index (χ0n) is 18.5. The van der Waals surface area contributed by atoms with Crippen LogP contribution in [-0.2, 0) is 38.2 Å². The number of unbranched alkanes of at least 4 members (excludes halogenated alkanes) is 3. The second kappa shape index (κ2) is 21.6. The second-order valence-corrected chi connectivity index (χ2v) is 6.45. The zero-order valence-corrected chi connectivity index (χ0v) is 18.5. The van der Waals surface area contributed by atoms with Crippen molar-refractivity contribution >= 4 is 30.1 Å². The minimum Gasteiger partial charge on any atom is -0.462 e. The molecule has 0 amide bonds. The highest BCUT2D eigenvalue weighted by atomic mass is 16.6. The van der Waals surface area contributed by atoms with Crippen molar-refractivity contribution < 1.29 is 43.3 Å². The van der Waals surface area contributed by atoms with E-state index in [0.29, 0.717) is 13.1 Å². The molecular weight excluding hydrogens is 436 g/mol. The van der Waals surface area contributed by atoms with Gasteiger partial charge in [0.05, 0.1) is 25.1 Å². The summed E-state index contributed by atoms with van der Waals surface area (Å²) < 4.78 is 14.5. The molecular formula is C22H30N2O9. The van der Waals surface area contributed by atoms with Crippen LogP contribution in [0.25, 0.3) is 0 Å². The first-order valence-corrected chi connectivity index (χ1v) is 9.90. The van der Waals surface area contributed by atoms with Crippen LogP contribution >= 0.6 is 0 Å². The lowest BCUT2D eigenvalue weighted by Crippen LogP contribution is -2.42. The number of carbonyl (C=O) groups is 3. The molecule has 0 unspecified atom stereocenters. The first-order valence-electron chi connectivity index (χ1n) is 9.90. The average molecular weight is 466 g/mol. The highest BCUT2D eigenvalue weighted by Gasteiger charge is 2.35. The summed E-state index contributed by atoms with van der Waals surface area (Å²) in [4.78, 5) is 59.4. The van der Waals surface area contributed by atoms with Crippen LogP contribution in [0.3, 0.4) is 0 Å². The molecule has 0 aromatic rings. The number of esters is 3. The first kappa shape index (κ1) is 31.5. The van der Waals surface area contributed by atoms with Crippen molar-refractivity contribution in [1.82, 2.24) is 0 Å². The minimum atomic E-state index is -1.28. The molecule has 0 saturated heterocycles. The number of aliphatic imine (C=N–C) groups is 2. The molecule has 11 nitrogen and oxygen atoms in total. The average Bonchev–Trinajstić information content (AvgIpc) is 2.85. The lowest BCUT2D eigenvalue weighted by atomic mass is 9.92. The van der Waals surface area contributed by atoms with E-state index in [1.54, 1.807) is 0 Å². The molecule has 0 radical (unpaired) electrons. The van der Waals surface area contributed by atoms with Crippen molar-refractivity contribution in [3.63, 3.8) is 0 Å². The summed E-state index contributed by atoms with van der Waals surface area (Å²) in [5, 5.41) is 9.48. The Labute approximate surface area is 192 Å². The van der Waals surface area contributed by atoms with Crippen LogP contribution in [0.2, 0.25) is 0 Å². The summed E-state index contributed by atoms with van der Waals surface area (Å²) >= 11 is 0. The summed E-state index contributed by atoms with van der Waals surface area (Å²) in [6.45, 7) is 9.26. The van der Waals surface area contributed by atoms with Crippen LogP contribution in [0.1, 0.15) is 25.7 Å². The molecule has 0 spiro atoms. The van der Waals surface area contributed by atoms with Crippen molar-refractivity contribution in [1.29, 1.82) is 0 Å². The molecule has 11 heteroatoms. The Morgan fingerprint density at radius 3 is 1.30 bits per heavy atom. The number of isocyanates is 2. The van der Waals surface area contributed by atoms with Crippen LogP contribution in [0.4, 0.5) is 0 Å². The van der Waals surface area contributed by atoms with E-state index in [-0.39, 0.29) is 19.8 Å². The highest BCUT2D eigenvalue weighted by Crippen LogP contribution is 2.19. The van der Waals surface area contributed by atoms with Gasteiger partial charge in [-0.2, -0.15) is 0 Å². The molecule has 0 aliphatic rings. The number of carbonyl (C=O) groups excluding carboxylic acids is 5. The predicted octanol–water partition coefficient (Wildman–Crippen LogP) is 1.37. The fraction of sp³-hybridized carbons (Fsp3) is 0.500. The lowest BCUT2D eigenvalue weighted by Gasteiger charge is -2.29. The molecule has 0 atom stereocenters. The maximum Gasteiger partial charge on any atom is 0.330 e. The van der Waals surface area contributed by atoms with Gasteiger partial charge in [-0.05, 0) is 12.8 Å². The van der Waals surface area contributed by atoms with Crippen molar-refractivity contribution in [2.24, 2.45) is 15.4 Å². The Morgan fingerprint density at radius 2 is 1.06 bits per heavy atom. The van der Waals surface area contributed by atoms with E-state index in [9.17, 15) is 29.1 Å². The number of rotatable bonds is 17. The van der Waals surface area contributed by atoms with Crippen LogP contribution in [0.15, 0.2) is 47.9 Å².